The van der Waals surface area contributed by atoms with Gasteiger partial charge in [0.15, 0.2) is 0 Å². The second kappa shape index (κ2) is 6.66. The van der Waals surface area contributed by atoms with Crippen molar-refractivity contribution in [1.82, 2.24) is 5.32 Å². The molecule has 1 aliphatic heterocycles. The molecule has 1 aliphatic rings. The van der Waals surface area contributed by atoms with E-state index in [1.54, 1.807) is 0 Å². The zero-order valence-electron chi connectivity index (χ0n) is 12.2. The van der Waals surface area contributed by atoms with Crippen LogP contribution >= 0.6 is 22.6 Å². The summed E-state index contributed by atoms with van der Waals surface area (Å²) in [5.41, 5.74) is 9.30. The van der Waals surface area contributed by atoms with Crippen LogP contribution in [0.1, 0.15) is 10.4 Å². The third kappa shape index (κ3) is 2.96. The molecule has 1 fully saturated rings. The summed E-state index contributed by atoms with van der Waals surface area (Å²) >= 11 is 2.34. The van der Waals surface area contributed by atoms with E-state index in [2.05, 4.69) is 32.8 Å². The summed E-state index contributed by atoms with van der Waals surface area (Å²) in [5.74, 6) is -0.383. The zero-order valence-corrected chi connectivity index (χ0v) is 14.3. The number of rotatable bonds is 3. The van der Waals surface area contributed by atoms with E-state index in [0.717, 1.165) is 46.6 Å². The number of hydrogen-bond donors (Lipinski definition) is 2. The van der Waals surface area contributed by atoms with Gasteiger partial charge in [-0.3, -0.25) is 4.79 Å². The number of halogens is 1. The van der Waals surface area contributed by atoms with E-state index in [0.29, 0.717) is 5.56 Å². The van der Waals surface area contributed by atoms with E-state index in [1.165, 1.54) is 0 Å². The number of amides is 1. The van der Waals surface area contributed by atoms with Crippen molar-refractivity contribution >= 4 is 34.2 Å². The number of hydrogen-bond acceptors (Lipinski definition) is 3. The van der Waals surface area contributed by atoms with Crippen LogP contribution in [0.2, 0.25) is 0 Å². The summed E-state index contributed by atoms with van der Waals surface area (Å²) in [6, 6.07) is 13.8. The predicted molar refractivity (Wildman–Crippen MR) is 98.2 cm³/mol. The predicted octanol–water partition coefficient (Wildman–Crippen LogP) is 2.47. The summed E-state index contributed by atoms with van der Waals surface area (Å²) in [6.45, 7) is 3.76. The molecule has 0 atom stereocenters. The molecule has 3 rings (SSSR count). The van der Waals surface area contributed by atoms with Crippen LogP contribution in [0.25, 0.3) is 11.1 Å². The maximum atomic E-state index is 11.9. The lowest BCUT2D eigenvalue weighted by Gasteiger charge is -2.32. The normalized spacial score (nSPS) is 14.9. The number of primary amides is 1. The number of nitrogens with zero attached hydrogens (tertiary/aromatic N) is 1. The summed E-state index contributed by atoms with van der Waals surface area (Å²) < 4.78 is 1.14. The fraction of sp³-hybridized carbons (Fsp3) is 0.235. The minimum atomic E-state index is -0.383. The van der Waals surface area contributed by atoms with Gasteiger partial charge in [-0.25, -0.2) is 0 Å². The Bertz CT molecular complexity index is 682. The molecule has 3 N–H and O–H groups in total. The number of carbonyl (C=O) groups excluding carboxylic acids is 1. The molecular weight excluding hydrogens is 389 g/mol. The van der Waals surface area contributed by atoms with Crippen molar-refractivity contribution in [2.45, 2.75) is 0 Å². The number of carbonyl (C=O) groups is 1. The van der Waals surface area contributed by atoms with Gasteiger partial charge in [0.05, 0.1) is 5.69 Å². The van der Waals surface area contributed by atoms with E-state index < -0.39 is 0 Å². The van der Waals surface area contributed by atoms with Gasteiger partial charge >= 0.3 is 0 Å². The first kappa shape index (κ1) is 15.3. The van der Waals surface area contributed by atoms with Crippen LogP contribution < -0.4 is 16.0 Å². The Balaban J connectivity index is 2.22. The molecule has 0 aromatic heterocycles. The van der Waals surface area contributed by atoms with Crippen LogP contribution in [0.15, 0.2) is 42.5 Å². The maximum absolute atomic E-state index is 11.9. The molecule has 0 radical (unpaired) electrons. The van der Waals surface area contributed by atoms with Gasteiger partial charge in [-0.1, -0.05) is 30.3 Å². The molecule has 4 nitrogen and oxygen atoms in total. The van der Waals surface area contributed by atoms with Crippen LogP contribution in [0, 0.1) is 3.57 Å². The monoisotopic (exact) mass is 407 g/mol. The van der Waals surface area contributed by atoms with Crippen LogP contribution in [0.4, 0.5) is 5.69 Å². The molecule has 1 heterocycles. The Labute approximate surface area is 143 Å². The Kier molecular flexibility index (Phi) is 4.63. The highest BCUT2D eigenvalue weighted by molar-refractivity contribution is 14.1. The number of nitrogens with two attached hydrogens (primary N) is 1. The van der Waals surface area contributed by atoms with E-state index in [4.69, 9.17) is 5.73 Å². The molecule has 114 valence electrons. The molecule has 0 aliphatic carbocycles. The highest BCUT2D eigenvalue weighted by atomic mass is 127. The number of benzene rings is 2. The molecule has 0 bridgehead atoms. The first-order chi connectivity index (χ1) is 10.7. The van der Waals surface area contributed by atoms with Gasteiger partial charge in [-0.15, -0.1) is 0 Å². The van der Waals surface area contributed by atoms with Gasteiger partial charge in [0, 0.05) is 40.9 Å². The smallest absolute Gasteiger partial charge is 0.249 e. The summed E-state index contributed by atoms with van der Waals surface area (Å²) in [4.78, 5) is 14.3. The van der Waals surface area contributed by atoms with Gasteiger partial charge < -0.3 is 16.0 Å². The van der Waals surface area contributed by atoms with Crippen molar-refractivity contribution in [3.8, 4) is 11.1 Å². The standard InChI is InChI=1S/C17H18IN3O/c18-14-7-6-13(17(19)22)15(12-4-2-1-3-5-12)16(14)21-10-8-20-9-11-21/h1-7,20H,8-11H2,(H2,19,22). The zero-order chi connectivity index (χ0) is 15.5. The lowest BCUT2D eigenvalue weighted by Crippen LogP contribution is -2.44. The maximum Gasteiger partial charge on any atom is 0.249 e. The molecule has 22 heavy (non-hydrogen) atoms. The lowest BCUT2D eigenvalue weighted by molar-refractivity contribution is 0.100. The molecule has 1 saturated heterocycles. The van der Waals surface area contributed by atoms with E-state index in [1.807, 2.05) is 42.5 Å². The highest BCUT2D eigenvalue weighted by Crippen LogP contribution is 2.38. The molecular formula is C17H18IN3O. The van der Waals surface area contributed by atoms with Crippen LogP contribution in [-0.2, 0) is 0 Å². The van der Waals surface area contributed by atoms with Crippen molar-refractivity contribution in [3.63, 3.8) is 0 Å². The van der Waals surface area contributed by atoms with Crippen molar-refractivity contribution < 1.29 is 4.79 Å². The van der Waals surface area contributed by atoms with E-state index in [-0.39, 0.29) is 5.91 Å². The molecule has 2 aromatic rings. The third-order valence-electron chi connectivity index (χ3n) is 3.89. The molecule has 5 heteroatoms. The Morgan fingerprint density at radius 2 is 1.77 bits per heavy atom. The molecule has 2 aromatic carbocycles. The van der Waals surface area contributed by atoms with Gasteiger partial charge in [-0.2, -0.15) is 0 Å². The SMILES string of the molecule is NC(=O)c1ccc(I)c(N2CCNCC2)c1-c1ccccc1. The van der Waals surface area contributed by atoms with Crippen molar-refractivity contribution in [3.05, 3.63) is 51.6 Å². The summed E-state index contributed by atoms with van der Waals surface area (Å²) in [7, 11) is 0. The Hall–Kier alpha value is -1.60. The summed E-state index contributed by atoms with van der Waals surface area (Å²) in [5, 5.41) is 3.36. The number of anilines is 1. The second-order valence-corrected chi connectivity index (χ2v) is 6.45. The fourth-order valence-electron chi connectivity index (χ4n) is 2.87. The fourth-order valence-corrected chi connectivity index (χ4v) is 3.66. The highest BCUT2D eigenvalue weighted by Gasteiger charge is 2.22. The Morgan fingerprint density at radius 1 is 1.09 bits per heavy atom. The van der Waals surface area contributed by atoms with Crippen molar-refractivity contribution in [2.75, 3.05) is 31.1 Å². The minimum Gasteiger partial charge on any atom is -0.368 e. The average Bonchev–Trinajstić information content (AvgIpc) is 2.56. The lowest BCUT2D eigenvalue weighted by atomic mass is 9.96. The van der Waals surface area contributed by atoms with Gasteiger partial charge in [-0.05, 0) is 40.3 Å². The van der Waals surface area contributed by atoms with Gasteiger partial charge in [0.1, 0.15) is 0 Å². The minimum absolute atomic E-state index is 0.383. The van der Waals surface area contributed by atoms with Crippen LogP contribution in [0.3, 0.4) is 0 Å². The van der Waals surface area contributed by atoms with E-state index >= 15 is 0 Å². The molecule has 0 spiro atoms. The quantitative estimate of drug-likeness (QED) is 0.769. The van der Waals surface area contributed by atoms with Crippen molar-refractivity contribution in [2.24, 2.45) is 5.73 Å². The van der Waals surface area contributed by atoms with Crippen molar-refractivity contribution in [1.29, 1.82) is 0 Å². The number of piperazine rings is 1. The molecule has 0 saturated carbocycles. The molecule has 0 unspecified atom stereocenters. The average molecular weight is 407 g/mol. The third-order valence-corrected chi connectivity index (χ3v) is 4.76. The topological polar surface area (TPSA) is 58.4 Å². The second-order valence-electron chi connectivity index (χ2n) is 5.29. The molecule has 1 amide bonds. The summed E-state index contributed by atoms with van der Waals surface area (Å²) in [6.07, 6.45) is 0. The first-order valence-corrected chi connectivity index (χ1v) is 8.40. The number of nitrogens with one attached hydrogen (secondary N) is 1. The van der Waals surface area contributed by atoms with Gasteiger partial charge in [0.25, 0.3) is 0 Å². The first-order valence-electron chi connectivity index (χ1n) is 7.32. The van der Waals surface area contributed by atoms with E-state index in [9.17, 15) is 4.79 Å². The van der Waals surface area contributed by atoms with Gasteiger partial charge in [0.2, 0.25) is 5.91 Å². The van der Waals surface area contributed by atoms with Crippen LogP contribution in [-0.4, -0.2) is 32.1 Å². The Morgan fingerprint density at radius 3 is 2.41 bits per heavy atom. The largest absolute Gasteiger partial charge is 0.368 e. The van der Waals surface area contributed by atoms with Crippen LogP contribution in [0.5, 0.6) is 0 Å².